The Morgan fingerprint density at radius 3 is 2.67 bits per heavy atom. The van der Waals surface area contributed by atoms with Crippen molar-refractivity contribution in [2.24, 2.45) is 5.92 Å². The van der Waals surface area contributed by atoms with Gasteiger partial charge in [-0.25, -0.2) is 0 Å². The largest absolute Gasteiger partial charge is 0.295 e. The number of benzene rings is 1. The van der Waals surface area contributed by atoms with Gasteiger partial charge in [-0.3, -0.25) is 4.79 Å². The summed E-state index contributed by atoms with van der Waals surface area (Å²) in [5.74, 6) is 0.452. The van der Waals surface area contributed by atoms with Crippen molar-refractivity contribution in [1.82, 2.24) is 0 Å². The molecule has 0 unspecified atom stereocenters. The van der Waals surface area contributed by atoms with Crippen LogP contribution >= 0.6 is 23.2 Å². The number of carbonyl (C=O) groups excluding carboxylic acids is 1. The van der Waals surface area contributed by atoms with E-state index in [9.17, 15) is 4.79 Å². The van der Waals surface area contributed by atoms with Crippen molar-refractivity contribution in [1.29, 1.82) is 0 Å². The van der Waals surface area contributed by atoms with Crippen LogP contribution in [0.25, 0.3) is 6.08 Å². The van der Waals surface area contributed by atoms with Crippen LogP contribution in [0, 0.1) is 5.92 Å². The molecule has 3 heteroatoms. The van der Waals surface area contributed by atoms with Gasteiger partial charge in [0.2, 0.25) is 0 Å². The Balaban J connectivity index is 2.12. The molecule has 0 aliphatic heterocycles. The van der Waals surface area contributed by atoms with Crippen LogP contribution in [0.1, 0.15) is 18.4 Å². The van der Waals surface area contributed by atoms with Crippen molar-refractivity contribution in [3.63, 3.8) is 0 Å². The second-order valence-corrected chi connectivity index (χ2v) is 4.52. The highest BCUT2D eigenvalue weighted by Crippen LogP contribution is 2.30. The number of ketones is 1. The van der Waals surface area contributed by atoms with Crippen LogP contribution < -0.4 is 0 Å². The fourth-order valence-corrected chi connectivity index (χ4v) is 1.78. The van der Waals surface area contributed by atoms with Gasteiger partial charge < -0.3 is 0 Å². The van der Waals surface area contributed by atoms with Gasteiger partial charge in [-0.2, -0.15) is 0 Å². The first-order valence-electron chi connectivity index (χ1n) is 4.84. The molecule has 1 aliphatic rings. The van der Waals surface area contributed by atoms with Crippen molar-refractivity contribution in [2.45, 2.75) is 12.8 Å². The predicted octanol–water partition coefficient (Wildman–Crippen LogP) is 3.99. The fraction of sp³-hybridized carbons (Fsp3) is 0.250. The van der Waals surface area contributed by atoms with Gasteiger partial charge in [0.05, 0.1) is 0 Å². The first-order valence-corrected chi connectivity index (χ1v) is 5.59. The van der Waals surface area contributed by atoms with Crippen molar-refractivity contribution in [3.05, 3.63) is 39.9 Å². The van der Waals surface area contributed by atoms with Gasteiger partial charge in [0, 0.05) is 16.0 Å². The predicted molar refractivity (Wildman–Crippen MR) is 63.2 cm³/mol. The average Bonchev–Trinajstić information content (AvgIpc) is 2.99. The molecular weight excluding hydrogens is 231 g/mol. The molecule has 0 heterocycles. The molecule has 1 nitrogen and oxygen atoms in total. The third-order valence-electron chi connectivity index (χ3n) is 2.37. The molecule has 0 amide bonds. The van der Waals surface area contributed by atoms with Crippen LogP contribution in [-0.2, 0) is 4.79 Å². The van der Waals surface area contributed by atoms with Gasteiger partial charge in [-0.1, -0.05) is 29.3 Å². The lowest BCUT2D eigenvalue weighted by Crippen LogP contribution is -1.93. The van der Waals surface area contributed by atoms with Crippen LogP contribution in [0.15, 0.2) is 24.3 Å². The molecule has 2 rings (SSSR count). The number of rotatable bonds is 3. The molecule has 0 N–H and O–H groups in total. The van der Waals surface area contributed by atoms with E-state index in [4.69, 9.17) is 23.2 Å². The minimum absolute atomic E-state index is 0.195. The highest BCUT2D eigenvalue weighted by atomic mass is 35.5. The second kappa shape index (κ2) is 4.38. The Morgan fingerprint density at radius 2 is 2.07 bits per heavy atom. The molecule has 1 aromatic carbocycles. The van der Waals surface area contributed by atoms with Crippen LogP contribution in [0.3, 0.4) is 0 Å². The molecule has 78 valence electrons. The Hall–Kier alpha value is -0.790. The minimum Gasteiger partial charge on any atom is -0.295 e. The summed E-state index contributed by atoms with van der Waals surface area (Å²) in [6.45, 7) is 0. The zero-order valence-electron chi connectivity index (χ0n) is 8.04. The summed E-state index contributed by atoms with van der Waals surface area (Å²) >= 11 is 11.7. The number of halogens is 2. The Bertz CT molecular complexity index is 420. The molecule has 15 heavy (non-hydrogen) atoms. The van der Waals surface area contributed by atoms with Crippen molar-refractivity contribution >= 4 is 35.1 Å². The van der Waals surface area contributed by atoms with Gasteiger partial charge in [-0.05, 0) is 42.7 Å². The highest BCUT2D eigenvalue weighted by Gasteiger charge is 2.27. The summed E-state index contributed by atoms with van der Waals surface area (Å²) in [6.07, 6.45) is 5.40. The monoisotopic (exact) mass is 240 g/mol. The Morgan fingerprint density at radius 1 is 1.33 bits per heavy atom. The molecular formula is C12H10Cl2O. The lowest BCUT2D eigenvalue weighted by Gasteiger charge is -1.98. The molecule has 1 aliphatic carbocycles. The van der Waals surface area contributed by atoms with E-state index in [2.05, 4.69) is 0 Å². The van der Waals surface area contributed by atoms with E-state index in [1.807, 2.05) is 0 Å². The first-order chi connectivity index (χ1) is 7.16. The number of hydrogen-bond acceptors (Lipinski definition) is 1. The summed E-state index contributed by atoms with van der Waals surface area (Å²) in [5, 5.41) is 1.17. The lowest BCUT2D eigenvalue weighted by atomic mass is 10.1. The average molecular weight is 241 g/mol. The molecule has 1 saturated carbocycles. The Kier molecular flexibility index (Phi) is 3.13. The van der Waals surface area contributed by atoms with E-state index < -0.39 is 0 Å². The molecule has 0 atom stereocenters. The van der Waals surface area contributed by atoms with E-state index in [1.165, 1.54) is 0 Å². The fourth-order valence-electron chi connectivity index (χ4n) is 1.31. The summed E-state index contributed by atoms with van der Waals surface area (Å²) in [4.78, 5) is 11.4. The van der Waals surface area contributed by atoms with E-state index in [-0.39, 0.29) is 11.7 Å². The van der Waals surface area contributed by atoms with Crippen LogP contribution in [0.4, 0.5) is 0 Å². The quantitative estimate of drug-likeness (QED) is 0.731. The minimum atomic E-state index is 0.195. The zero-order valence-corrected chi connectivity index (χ0v) is 9.55. The third kappa shape index (κ3) is 2.83. The zero-order chi connectivity index (χ0) is 10.8. The maximum Gasteiger partial charge on any atom is 0.158 e. The maximum absolute atomic E-state index is 11.4. The van der Waals surface area contributed by atoms with Crippen molar-refractivity contribution < 1.29 is 4.79 Å². The molecule has 0 aromatic heterocycles. The molecule has 0 spiro atoms. The summed E-state index contributed by atoms with van der Waals surface area (Å²) in [7, 11) is 0. The van der Waals surface area contributed by atoms with Gasteiger partial charge >= 0.3 is 0 Å². The first kappa shape index (κ1) is 10.7. The summed E-state index contributed by atoms with van der Waals surface area (Å²) < 4.78 is 0. The van der Waals surface area contributed by atoms with Gasteiger partial charge in [0.15, 0.2) is 5.78 Å². The summed E-state index contributed by atoms with van der Waals surface area (Å²) in [6, 6.07) is 5.24. The van der Waals surface area contributed by atoms with E-state index in [0.29, 0.717) is 10.0 Å². The number of carbonyl (C=O) groups is 1. The van der Waals surface area contributed by atoms with E-state index in [1.54, 1.807) is 30.4 Å². The molecule has 0 saturated heterocycles. The smallest absolute Gasteiger partial charge is 0.158 e. The maximum atomic E-state index is 11.4. The number of allylic oxidation sites excluding steroid dienone is 1. The van der Waals surface area contributed by atoms with Crippen LogP contribution in [-0.4, -0.2) is 5.78 Å². The molecule has 1 aromatic rings. The van der Waals surface area contributed by atoms with Crippen LogP contribution in [0.2, 0.25) is 10.0 Å². The van der Waals surface area contributed by atoms with Gasteiger partial charge in [0.1, 0.15) is 0 Å². The van der Waals surface area contributed by atoms with E-state index in [0.717, 1.165) is 18.4 Å². The molecule has 1 fully saturated rings. The van der Waals surface area contributed by atoms with Crippen molar-refractivity contribution in [2.75, 3.05) is 0 Å². The van der Waals surface area contributed by atoms with Gasteiger partial charge in [-0.15, -0.1) is 0 Å². The standard InChI is InChI=1S/C12H10Cl2O/c13-10-5-3-8(11(14)7-10)4-6-12(15)9-1-2-9/h3-7,9H,1-2H2/b6-4+. The topological polar surface area (TPSA) is 17.1 Å². The third-order valence-corrected chi connectivity index (χ3v) is 2.93. The summed E-state index contributed by atoms with van der Waals surface area (Å²) in [5.41, 5.74) is 0.829. The highest BCUT2D eigenvalue weighted by molar-refractivity contribution is 6.35. The second-order valence-electron chi connectivity index (χ2n) is 3.68. The van der Waals surface area contributed by atoms with Crippen molar-refractivity contribution in [3.8, 4) is 0 Å². The lowest BCUT2D eigenvalue weighted by molar-refractivity contribution is -0.115. The normalized spacial score (nSPS) is 15.9. The van der Waals surface area contributed by atoms with E-state index >= 15 is 0 Å². The van der Waals surface area contributed by atoms with Crippen LogP contribution in [0.5, 0.6) is 0 Å². The van der Waals surface area contributed by atoms with Gasteiger partial charge in [0.25, 0.3) is 0 Å². The number of hydrogen-bond donors (Lipinski definition) is 0. The molecule has 0 bridgehead atoms. The Labute approximate surface area is 98.7 Å². The SMILES string of the molecule is O=C(/C=C/c1ccc(Cl)cc1Cl)C1CC1. The molecule has 0 radical (unpaired) electrons.